The highest BCUT2D eigenvalue weighted by atomic mass is 32.2. The van der Waals surface area contributed by atoms with Gasteiger partial charge in [0, 0.05) is 18.1 Å². The number of amides is 1. The van der Waals surface area contributed by atoms with Crippen LogP contribution in [0.3, 0.4) is 0 Å². The Morgan fingerprint density at radius 1 is 1.45 bits per heavy atom. The fourth-order valence-corrected chi connectivity index (χ4v) is 2.56. The van der Waals surface area contributed by atoms with Gasteiger partial charge < -0.3 is 5.32 Å². The van der Waals surface area contributed by atoms with E-state index in [1.54, 1.807) is 24.1 Å². The molecular weight excluding hydrogens is 315 g/mol. The molecule has 1 aromatic heterocycles. The summed E-state index contributed by atoms with van der Waals surface area (Å²) in [6.45, 7) is 0. The topological polar surface area (TPSA) is 46.9 Å². The standard InChI is InChI=1S/C14H14F3N3OS/c1-20-7-9(6-18-20)4-14(21)19-11-5-10(15)2-3-12(11)22-8-13(16)17/h2-3,5-7,13H,4,8H2,1H3,(H,19,21). The van der Waals surface area contributed by atoms with Crippen molar-refractivity contribution < 1.29 is 18.0 Å². The summed E-state index contributed by atoms with van der Waals surface area (Å²) in [6, 6.07) is 3.67. The summed E-state index contributed by atoms with van der Waals surface area (Å²) < 4.78 is 39.5. The van der Waals surface area contributed by atoms with Gasteiger partial charge in [-0.15, -0.1) is 11.8 Å². The number of alkyl halides is 2. The van der Waals surface area contributed by atoms with Crippen LogP contribution in [0.4, 0.5) is 18.9 Å². The van der Waals surface area contributed by atoms with Gasteiger partial charge in [0.1, 0.15) is 5.82 Å². The zero-order chi connectivity index (χ0) is 16.1. The molecule has 4 nitrogen and oxygen atoms in total. The summed E-state index contributed by atoms with van der Waals surface area (Å²) in [7, 11) is 1.73. The van der Waals surface area contributed by atoms with E-state index in [-0.39, 0.29) is 18.0 Å². The second kappa shape index (κ2) is 7.35. The monoisotopic (exact) mass is 329 g/mol. The summed E-state index contributed by atoms with van der Waals surface area (Å²) in [6.07, 6.45) is 0.840. The van der Waals surface area contributed by atoms with Gasteiger partial charge in [0.05, 0.1) is 24.1 Å². The molecule has 1 aromatic carbocycles. The highest BCUT2D eigenvalue weighted by molar-refractivity contribution is 7.99. The zero-order valence-electron chi connectivity index (χ0n) is 11.7. The van der Waals surface area contributed by atoms with Gasteiger partial charge in [-0.3, -0.25) is 9.48 Å². The molecule has 1 amide bonds. The number of nitrogens with zero attached hydrogens (tertiary/aromatic N) is 2. The van der Waals surface area contributed by atoms with E-state index in [2.05, 4.69) is 10.4 Å². The van der Waals surface area contributed by atoms with Crippen molar-refractivity contribution in [3.05, 3.63) is 42.0 Å². The van der Waals surface area contributed by atoms with Crippen LogP contribution in [0.15, 0.2) is 35.5 Å². The average molecular weight is 329 g/mol. The Hall–Kier alpha value is -1.96. The average Bonchev–Trinajstić information content (AvgIpc) is 2.82. The van der Waals surface area contributed by atoms with E-state index in [0.29, 0.717) is 10.5 Å². The Balaban J connectivity index is 2.06. The van der Waals surface area contributed by atoms with Crippen molar-refractivity contribution in [1.82, 2.24) is 9.78 Å². The number of benzene rings is 1. The molecular formula is C14H14F3N3OS. The van der Waals surface area contributed by atoms with Crippen molar-refractivity contribution in [2.24, 2.45) is 7.05 Å². The Kier molecular flexibility index (Phi) is 5.48. The van der Waals surface area contributed by atoms with Crippen LogP contribution in [-0.4, -0.2) is 27.9 Å². The van der Waals surface area contributed by atoms with Gasteiger partial charge in [-0.1, -0.05) is 0 Å². The van der Waals surface area contributed by atoms with Gasteiger partial charge in [0.15, 0.2) is 0 Å². The van der Waals surface area contributed by atoms with E-state index in [4.69, 9.17) is 0 Å². The van der Waals surface area contributed by atoms with Crippen LogP contribution in [0.5, 0.6) is 0 Å². The van der Waals surface area contributed by atoms with Gasteiger partial charge >= 0.3 is 0 Å². The minimum absolute atomic E-state index is 0.0727. The lowest BCUT2D eigenvalue weighted by molar-refractivity contribution is -0.115. The van der Waals surface area contributed by atoms with Crippen LogP contribution in [-0.2, 0) is 18.3 Å². The van der Waals surface area contributed by atoms with Crippen molar-refractivity contribution in [2.75, 3.05) is 11.1 Å². The maximum Gasteiger partial charge on any atom is 0.247 e. The molecule has 8 heteroatoms. The van der Waals surface area contributed by atoms with E-state index >= 15 is 0 Å². The highest BCUT2D eigenvalue weighted by Gasteiger charge is 2.12. The first-order valence-electron chi connectivity index (χ1n) is 6.42. The number of carbonyl (C=O) groups excluding carboxylic acids is 1. The SMILES string of the molecule is Cn1cc(CC(=O)Nc2cc(F)ccc2SCC(F)F)cn1. The minimum atomic E-state index is -2.48. The lowest BCUT2D eigenvalue weighted by atomic mass is 10.2. The molecule has 0 unspecified atom stereocenters. The van der Waals surface area contributed by atoms with Gasteiger partial charge in [-0.25, -0.2) is 13.2 Å². The number of rotatable bonds is 6. The first kappa shape index (κ1) is 16.4. The molecule has 1 N–H and O–H groups in total. The van der Waals surface area contributed by atoms with Crippen molar-refractivity contribution in [2.45, 2.75) is 17.7 Å². The molecule has 0 radical (unpaired) electrons. The van der Waals surface area contributed by atoms with Crippen molar-refractivity contribution in [1.29, 1.82) is 0 Å². The normalized spacial score (nSPS) is 11.0. The number of halogens is 3. The molecule has 2 rings (SSSR count). The highest BCUT2D eigenvalue weighted by Crippen LogP contribution is 2.29. The van der Waals surface area contributed by atoms with E-state index in [1.165, 1.54) is 12.1 Å². The third-order valence-corrected chi connectivity index (χ3v) is 3.79. The Morgan fingerprint density at radius 3 is 2.86 bits per heavy atom. The van der Waals surface area contributed by atoms with Crippen LogP contribution in [0.1, 0.15) is 5.56 Å². The quantitative estimate of drug-likeness (QED) is 0.829. The van der Waals surface area contributed by atoms with E-state index in [0.717, 1.165) is 17.8 Å². The molecule has 2 aromatic rings. The lowest BCUT2D eigenvalue weighted by Gasteiger charge is -2.10. The Labute approximate surface area is 129 Å². The fourth-order valence-electron chi connectivity index (χ4n) is 1.82. The fraction of sp³-hybridized carbons (Fsp3) is 0.286. The molecule has 0 saturated heterocycles. The number of hydrogen-bond acceptors (Lipinski definition) is 3. The van der Waals surface area contributed by atoms with Gasteiger partial charge in [-0.05, 0) is 23.8 Å². The predicted molar refractivity (Wildman–Crippen MR) is 78.7 cm³/mol. The summed E-state index contributed by atoms with van der Waals surface area (Å²) in [5.74, 6) is -1.33. The summed E-state index contributed by atoms with van der Waals surface area (Å²) in [5.41, 5.74) is 0.901. The van der Waals surface area contributed by atoms with Gasteiger partial charge in [0.25, 0.3) is 0 Å². The molecule has 0 atom stereocenters. The second-order valence-electron chi connectivity index (χ2n) is 4.59. The Bertz CT molecular complexity index is 661. The van der Waals surface area contributed by atoms with Crippen molar-refractivity contribution in [3.8, 4) is 0 Å². The molecule has 1 heterocycles. The van der Waals surface area contributed by atoms with Crippen LogP contribution >= 0.6 is 11.8 Å². The van der Waals surface area contributed by atoms with Crippen LogP contribution < -0.4 is 5.32 Å². The molecule has 0 aliphatic heterocycles. The van der Waals surface area contributed by atoms with Crippen molar-refractivity contribution in [3.63, 3.8) is 0 Å². The molecule has 0 saturated carbocycles. The van der Waals surface area contributed by atoms with Crippen LogP contribution in [0.2, 0.25) is 0 Å². The van der Waals surface area contributed by atoms with E-state index in [9.17, 15) is 18.0 Å². The molecule has 0 fully saturated rings. The number of nitrogens with one attached hydrogen (secondary N) is 1. The summed E-state index contributed by atoms with van der Waals surface area (Å²) >= 11 is 0.868. The molecule has 118 valence electrons. The number of anilines is 1. The number of aryl methyl sites for hydroxylation is 1. The lowest BCUT2D eigenvalue weighted by Crippen LogP contribution is -2.15. The molecule has 0 spiro atoms. The maximum atomic E-state index is 13.3. The summed E-state index contributed by atoms with van der Waals surface area (Å²) in [5, 5.41) is 6.50. The van der Waals surface area contributed by atoms with Crippen LogP contribution in [0.25, 0.3) is 0 Å². The first-order chi connectivity index (χ1) is 10.4. The molecule has 0 bridgehead atoms. The third-order valence-electron chi connectivity index (χ3n) is 2.70. The third kappa shape index (κ3) is 4.80. The number of hydrogen-bond donors (Lipinski definition) is 1. The predicted octanol–water partition coefficient (Wildman–Crippen LogP) is 3.10. The molecule has 0 aliphatic carbocycles. The number of thioether (sulfide) groups is 1. The van der Waals surface area contributed by atoms with Crippen LogP contribution in [0, 0.1) is 5.82 Å². The molecule has 22 heavy (non-hydrogen) atoms. The molecule has 0 aliphatic rings. The first-order valence-corrected chi connectivity index (χ1v) is 7.40. The summed E-state index contributed by atoms with van der Waals surface area (Å²) in [4.78, 5) is 12.4. The largest absolute Gasteiger partial charge is 0.325 e. The second-order valence-corrected chi connectivity index (χ2v) is 5.65. The van der Waals surface area contributed by atoms with Gasteiger partial charge in [-0.2, -0.15) is 5.10 Å². The Morgan fingerprint density at radius 2 is 2.23 bits per heavy atom. The van der Waals surface area contributed by atoms with E-state index < -0.39 is 18.0 Å². The number of aromatic nitrogens is 2. The maximum absolute atomic E-state index is 13.3. The zero-order valence-corrected chi connectivity index (χ0v) is 12.5. The smallest absolute Gasteiger partial charge is 0.247 e. The van der Waals surface area contributed by atoms with Gasteiger partial charge in [0.2, 0.25) is 12.3 Å². The minimum Gasteiger partial charge on any atom is -0.325 e. The van der Waals surface area contributed by atoms with E-state index in [1.807, 2.05) is 0 Å². The van der Waals surface area contributed by atoms with Crippen molar-refractivity contribution >= 4 is 23.4 Å². The number of carbonyl (C=O) groups is 1.